The van der Waals surface area contributed by atoms with Crippen LogP contribution in [0.1, 0.15) is 89.8 Å². The molecule has 0 aromatic heterocycles. The molecule has 12 heteroatoms. The Labute approximate surface area is 326 Å². The van der Waals surface area contributed by atoms with E-state index in [0.717, 1.165) is 35.5 Å². The number of hydrogen-bond donors (Lipinski definition) is 0. The van der Waals surface area contributed by atoms with Gasteiger partial charge < -0.3 is 19.2 Å². The van der Waals surface area contributed by atoms with Crippen molar-refractivity contribution < 1.29 is 36.8 Å². The van der Waals surface area contributed by atoms with Gasteiger partial charge >= 0.3 is 5.97 Å². The summed E-state index contributed by atoms with van der Waals surface area (Å²) < 4.78 is 36.5. The third-order valence-corrected chi connectivity index (χ3v) is 11.3. The Hall–Kier alpha value is -4.65. The number of hydroxylamine groups is 2. The van der Waals surface area contributed by atoms with Gasteiger partial charge in [0, 0.05) is 79.0 Å². The quantitative estimate of drug-likeness (QED) is 0.0759. The number of anilines is 1. The van der Waals surface area contributed by atoms with Crippen LogP contribution in [0.5, 0.6) is 0 Å². The second kappa shape index (κ2) is 17.4. The summed E-state index contributed by atoms with van der Waals surface area (Å²) >= 11 is 0. The molecule has 11 nitrogen and oxygen atoms in total. The van der Waals surface area contributed by atoms with Crippen LogP contribution in [-0.2, 0) is 46.7 Å². The minimum atomic E-state index is -4.35. The van der Waals surface area contributed by atoms with E-state index in [9.17, 15) is 27.4 Å². The van der Waals surface area contributed by atoms with E-state index in [4.69, 9.17) is 4.84 Å². The molecule has 2 aromatic carbocycles. The first-order valence-corrected chi connectivity index (χ1v) is 20.7. The van der Waals surface area contributed by atoms with E-state index in [1.54, 1.807) is 0 Å². The van der Waals surface area contributed by atoms with Crippen molar-refractivity contribution in [2.24, 2.45) is 0 Å². The number of rotatable bonds is 17. The summed E-state index contributed by atoms with van der Waals surface area (Å²) in [5.41, 5.74) is 7.51. The molecule has 1 fully saturated rings. The highest BCUT2D eigenvalue weighted by atomic mass is 32.2. The van der Waals surface area contributed by atoms with Gasteiger partial charge in [-0.25, -0.2) is 13.2 Å². The molecule has 0 unspecified atom stereocenters. The molecule has 0 spiro atoms. The fraction of sp³-hybridized carbons (Fsp3) is 0.442. The van der Waals surface area contributed by atoms with Crippen LogP contribution in [0.3, 0.4) is 0 Å². The fourth-order valence-corrected chi connectivity index (χ4v) is 8.22. The number of hydrogen-bond acceptors (Lipinski definition) is 9. The van der Waals surface area contributed by atoms with Crippen LogP contribution in [0.2, 0.25) is 0 Å². The summed E-state index contributed by atoms with van der Waals surface area (Å²) in [6.07, 6.45) is 16.3. The number of amides is 2. The van der Waals surface area contributed by atoms with Crippen LogP contribution in [0.15, 0.2) is 90.7 Å². The van der Waals surface area contributed by atoms with Crippen molar-refractivity contribution >= 4 is 45.0 Å². The van der Waals surface area contributed by atoms with Gasteiger partial charge in [0.05, 0.1) is 15.5 Å². The van der Waals surface area contributed by atoms with E-state index in [1.807, 2.05) is 43.5 Å². The highest BCUT2D eigenvalue weighted by molar-refractivity contribution is 7.85. The van der Waals surface area contributed by atoms with Crippen LogP contribution in [0.4, 0.5) is 11.4 Å². The molecule has 5 rings (SSSR count). The normalized spacial score (nSPS) is 18.7. The van der Waals surface area contributed by atoms with Crippen molar-refractivity contribution in [3.05, 3.63) is 107 Å². The highest BCUT2D eigenvalue weighted by Crippen LogP contribution is 2.47. The second-order valence-corrected chi connectivity index (χ2v) is 17.0. The maximum Gasteiger partial charge on any atom is 0.333 e. The van der Waals surface area contributed by atoms with Gasteiger partial charge in [-0.2, -0.15) is 4.58 Å². The molecule has 0 radical (unpaired) electrons. The van der Waals surface area contributed by atoms with Crippen LogP contribution in [0, 0.1) is 0 Å². The Bertz CT molecular complexity index is 2040. The molecule has 55 heavy (non-hydrogen) atoms. The molecule has 0 saturated carbocycles. The summed E-state index contributed by atoms with van der Waals surface area (Å²) in [6, 6.07) is 14.9. The summed E-state index contributed by atoms with van der Waals surface area (Å²) in [6.45, 7) is 13.6. The maximum absolute atomic E-state index is 12.2. The number of benzene rings is 2. The van der Waals surface area contributed by atoms with E-state index in [-0.39, 0.29) is 31.1 Å². The van der Waals surface area contributed by atoms with Crippen molar-refractivity contribution in [1.82, 2.24) is 9.96 Å². The topological polar surface area (TPSA) is 130 Å². The number of fused-ring (bicyclic) bond motifs is 2. The fourth-order valence-electron chi connectivity index (χ4n) is 7.74. The Morgan fingerprint density at radius 1 is 0.945 bits per heavy atom. The van der Waals surface area contributed by atoms with E-state index < -0.39 is 39.1 Å². The van der Waals surface area contributed by atoms with Crippen LogP contribution < -0.4 is 4.90 Å². The van der Waals surface area contributed by atoms with Gasteiger partial charge in [0.25, 0.3) is 11.8 Å². The van der Waals surface area contributed by atoms with Crippen molar-refractivity contribution in [2.75, 3.05) is 37.3 Å². The lowest BCUT2D eigenvalue weighted by Gasteiger charge is -2.26. The van der Waals surface area contributed by atoms with E-state index >= 15 is 0 Å². The molecule has 1 saturated heterocycles. The zero-order valence-corrected chi connectivity index (χ0v) is 33.7. The second-order valence-electron chi connectivity index (χ2n) is 15.5. The zero-order valence-electron chi connectivity index (χ0n) is 32.9. The average molecular weight is 771 g/mol. The van der Waals surface area contributed by atoms with Gasteiger partial charge in [0.2, 0.25) is 5.69 Å². The first kappa shape index (κ1) is 41.5. The van der Waals surface area contributed by atoms with Gasteiger partial charge in [-0.3, -0.25) is 9.59 Å². The first-order chi connectivity index (χ1) is 26.0. The molecule has 3 heterocycles. The number of allylic oxidation sites excluding steroid dienone is 8. The molecule has 0 aliphatic carbocycles. The van der Waals surface area contributed by atoms with Crippen LogP contribution in [-0.4, -0.2) is 83.4 Å². The van der Waals surface area contributed by atoms with Crippen molar-refractivity contribution in [2.45, 2.75) is 90.5 Å². The van der Waals surface area contributed by atoms with Gasteiger partial charge in [0.1, 0.15) is 6.54 Å². The van der Waals surface area contributed by atoms with Crippen LogP contribution >= 0.6 is 0 Å². The molecule has 0 atom stereocenters. The summed E-state index contributed by atoms with van der Waals surface area (Å²) in [7, 11) is -2.39. The first-order valence-electron chi connectivity index (χ1n) is 19.1. The zero-order chi connectivity index (χ0) is 40.0. The molecule has 294 valence electrons. The van der Waals surface area contributed by atoms with Gasteiger partial charge in [-0.1, -0.05) is 75.4 Å². The molecular weight excluding hydrogens is 717 g/mol. The van der Waals surface area contributed by atoms with E-state index in [1.165, 1.54) is 16.9 Å². The summed E-state index contributed by atoms with van der Waals surface area (Å²) in [5.74, 6) is -2.04. The lowest BCUT2D eigenvalue weighted by Crippen LogP contribution is -2.32. The molecular formula is C43H54N4O7S. The number of carbonyl (C=O) groups is 3. The Morgan fingerprint density at radius 3 is 2.35 bits per heavy atom. The van der Waals surface area contributed by atoms with Crippen molar-refractivity contribution in [1.29, 1.82) is 0 Å². The van der Waals surface area contributed by atoms with Gasteiger partial charge in [0.15, 0.2) is 5.71 Å². The molecule has 2 aromatic rings. The lowest BCUT2D eigenvalue weighted by atomic mass is 9.80. The molecule has 3 aliphatic heterocycles. The lowest BCUT2D eigenvalue weighted by molar-refractivity contribution is -0.437. The van der Waals surface area contributed by atoms with Gasteiger partial charge in [-0.05, 0) is 69.6 Å². The highest BCUT2D eigenvalue weighted by Gasteiger charge is 2.44. The van der Waals surface area contributed by atoms with Gasteiger partial charge in [-0.15, -0.1) is 5.06 Å². The minimum Gasteiger partial charge on any atom is -0.748 e. The predicted molar refractivity (Wildman–Crippen MR) is 214 cm³/mol. The molecule has 2 amide bonds. The molecule has 3 aliphatic rings. The van der Waals surface area contributed by atoms with E-state index in [0.29, 0.717) is 31.1 Å². The third-order valence-electron chi connectivity index (χ3n) is 10.5. The summed E-state index contributed by atoms with van der Waals surface area (Å²) in [4.78, 5) is 45.2. The van der Waals surface area contributed by atoms with Crippen molar-refractivity contribution in [3.63, 3.8) is 0 Å². The van der Waals surface area contributed by atoms with Crippen molar-refractivity contribution in [3.8, 4) is 0 Å². The summed E-state index contributed by atoms with van der Waals surface area (Å²) in [5, 5.41) is 0.575. The number of para-hydroxylation sites is 1. The minimum absolute atomic E-state index is 0.0585. The largest absolute Gasteiger partial charge is 0.748 e. The maximum atomic E-state index is 12.2. The monoisotopic (exact) mass is 770 g/mol. The number of imide groups is 1. The number of nitrogens with zero attached hydrogens (tertiary/aromatic N) is 4. The number of carbonyl (C=O) groups excluding carboxylic acids is 3. The molecule has 0 bridgehead atoms. The average Bonchev–Trinajstić information content (AvgIpc) is 3.63. The molecule has 0 N–H and O–H groups in total. The standard InChI is InChI=1S/C43H54N4O7S/c1-7-26-45-35-18-14-13-17-33(35)42(2,3)37(45)19-11-9-8-10-12-20-38-43(4,5)34-30-32(22-23-36(34)46(38)28-16-29-55(51,52)53)31-44(6)27-15-21-41(50)54-47-39(48)24-25-40(47)49/h8-14,17-20,22-23,30H,7,15-16,21,24-29,31H2,1-6H3. The smallest absolute Gasteiger partial charge is 0.333 e. The van der Waals surface area contributed by atoms with E-state index in [2.05, 4.69) is 97.6 Å². The Balaban J connectivity index is 1.26. The Kier molecular flexibility index (Phi) is 13.2. The SMILES string of the molecule is CCCN1/C(=C/C=C/C=C/C=C/C2=[N+](CCCS(=O)(=O)[O-])c3ccc(CN(C)CCCC(=O)ON4C(=O)CCC4=O)cc3C2(C)C)C(C)(C)c2ccccc21. The predicted octanol–water partition coefficient (Wildman–Crippen LogP) is 6.58. The third kappa shape index (κ3) is 9.78. The van der Waals surface area contributed by atoms with Crippen LogP contribution in [0.25, 0.3) is 0 Å². The Morgan fingerprint density at radius 2 is 1.64 bits per heavy atom.